The number of oxazole rings is 1. The topological polar surface area (TPSA) is 61.6 Å². The van der Waals surface area contributed by atoms with Gasteiger partial charge in [-0.05, 0) is 38.4 Å². The van der Waals surface area contributed by atoms with E-state index < -0.39 is 0 Å². The fourth-order valence-corrected chi connectivity index (χ4v) is 3.77. The number of amides is 1. The fourth-order valence-electron chi connectivity index (χ4n) is 3.77. The van der Waals surface area contributed by atoms with Crippen molar-refractivity contribution in [3.8, 4) is 0 Å². The maximum Gasteiger partial charge on any atom is 0.298 e. The molecule has 0 radical (unpaired) electrons. The molecular weight excluding hydrogens is 375 g/mol. The minimum Gasteiger partial charge on any atom is -0.423 e. The number of carbonyl (C=O) groups is 1. The molecule has 6 nitrogen and oxygen atoms in total. The van der Waals surface area contributed by atoms with Crippen molar-refractivity contribution in [2.24, 2.45) is 5.92 Å². The molecule has 8 heteroatoms. The van der Waals surface area contributed by atoms with E-state index in [-0.39, 0.29) is 30.7 Å². The zero-order valence-electron chi connectivity index (χ0n) is 14.9. The maximum atomic E-state index is 12.7. The molecule has 1 N–H and O–H groups in total. The highest BCUT2D eigenvalue weighted by atomic mass is 35.5. The van der Waals surface area contributed by atoms with Gasteiger partial charge in [-0.2, -0.15) is 4.98 Å². The van der Waals surface area contributed by atoms with Gasteiger partial charge in [0.1, 0.15) is 5.52 Å². The molecule has 1 unspecified atom stereocenters. The summed E-state index contributed by atoms with van der Waals surface area (Å²) in [6, 6.07) is 8.95. The van der Waals surface area contributed by atoms with E-state index in [1.807, 2.05) is 36.2 Å². The molecule has 26 heavy (non-hydrogen) atoms. The molecule has 2 aromatic rings. The predicted molar refractivity (Wildman–Crippen MR) is 107 cm³/mol. The third kappa shape index (κ3) is 4.08. The van der Waals surface area contributed by atoms with Crippen LogP contribution in [0.25, 0.3) is 11.1 Å². The number of halogens is 2. The van der Waals surface area contributed by atoms with Crippen LogP contribution in [0.2, 0.25) is 0 Å². The third-order valence-electron chi connectivity index (χ3n) is 5.31. The Morgan fingerprint density at radius 3 is 2.54 bits per heavy atom. The second-order valence-corrected chi connectivity index (χ2v) is 6.78. The number of hydrogen-bond acceptors (Lipinski definition) is 5. The first kappa shape index (κ1) is 20.8. The van der Waals surface area contributed by atoms with Crippen LogP contribution in [0, 0.1) is 5.92 Å². The quantitative estimate of drug-likeness (QED) is 0.857. The lowest BCUT2D eigenvalue weighted by molar-refractivity contribution is -0.135. The molecular formula is C18H26Cl2N4O2. The normalized spacial score (nSPS) is 20.7. The summed E-state index contributed by atoms with van der Waals surface area (Å²) in [5.74, 6) is 0.464. The van der Waals surface area contributed by atoms with E-state index in [4.69, 9.17) is 4.42 Å². The van der Waals surface area contributed by atoms with Crippen molar-refractivity contribution in [1.82, 2.24) is 15.2 Å². The molecule has 4 rings (SSSR count). The number of para-hydroxylation sites is 2. The number of nitrogens with one attached hydrogen (secondary N) is 1. The van der Waals surface area contributed by atoms with Crippen LogP contribution in [0.15, 0.2) is 28.7 Å². The Kier molecular flexibility index (Phi) is 7.15. The summed E-state index contributed by atoms with van der Waals surface area (Å²) >= 11 is 0. The van der Waals surface area contributed by atoms with E-state index >= 15 is 0 Å². The molecule has 0 spiro atoms. The smallest absolute Gasteiger partial charge is 0.298 e. The van der Waals surface area contributed by atoms with Crippen LogP contribution in [0.4, 0.5) is 6.01 Å². The van der Waals surface area contributed by atoms with E-state index in [9.17, 15) is 4.79 Å². The van der Waals surface area contributed by atoms with Crippen LogP contribution in [-0.4, -0.2) is 55.1 Å². The average molecular weight is 401 g/mol. The molecule has 0 bridgehead atoms. The predicted octanol–water partition coefficient (Wildman–Crippen LogP) is 2.71. The number of piperidine rings is 1. The molecule has 1 aromatic heterocycles. The van der Waals surface area contributed by atoms with E-state index in [0.29, 0.717) is 18.0 Å². The Hall–Kier alpha value is -1.50. The molecule has 3 heterocycles. The van der Waals surface area contributed by atoms with Crippen molar-refractivity contribution in [1.29, 1.82) is 0 Å². The van der Waals surface area contributed by atoms with E-state index in [2.05, 4.69) is 15.2 Å². The van der Waals surface area contributed by atoms with Gasteiger partial charge in [0.15, 0.2) is 5.58 Å². The molecule has 2 saturated heterocycles. The van der Waals surface area contributed by atoms with Crippen molar-refractivity contribution in [2.45, 2.75) is 25.3 Å². The van der Waals surface area contributed by atoms with Crippen LogP contribution >= 0.6 is 24.8 Å². The zero-order valence-corrected chi connectivity index (χ0v) is 16.5. The van der Waals surface area contributed by atoms with Crippen LogP contribution in [0.3, 0.4) is 0 Å². The van der Waals surface area contributed by atoms with Crippen molar-refractivity contribution < 1.29 is 9.21 Å². The number of aromatic nitrogens is 1. The Bertz CT molecular complexity index is 698. The van der Waals surface area contributed by atoms with Gasteiger partial charge in [0.2, 0.25) is 5.91 Å². The Morgan fingerprint density at radius 1 is 1.15 bits per heavy atom. The molecule has 1 amide bonds. The second kappa shape index (κ2) is 8.93. The van der Waals surface area contributed by atoms with Gasteiger partial charge in [-0.25, -0.2) is 0 Å². The van der Waals surface area contributed by atoms with Crippen LogP contribution in [0.5, 0.6) is 0 Å². The summed E-state index contributed by atoms with van der Waals surface area (Å²) in [5.41, 5.74) is 1.71. The third-order valence-corrected chi connectivity index (χ3v) is 5.31. The largest absolute Gasteiger partial charge is 0.423 e. The minimum atomic E-state index is 0. The minimum absolute atomic E-state index is 0. The van der Waals surface area contributed by atoms with Crippen molar-refractivity contribution in [3.63, 3.8) is 0 Å². The number of nitrogens with zero attached hydrogens (tertiary/aromatic N) is 3. The Morgan fingerprint density at radius 2 is 1.88 bits per heavy atom. The number of hydrogen-bond donors (Lipinski definition) is 1. The lowest BCUT2D eigenvalue weighted by atomic mass is 9.95. The SMILES string of the molecule is CNC1CCN(C(=O)C2CCN(c3nc4ccccc4o3)CC2)C1.Cl.Cl. The van der Waals surface area contributed by atoms with Gasteiger partial charge in [-0.15, -0.1) is 24.8 Å². The second-order valence-electron chi connectivity index (χ2n) is 6.78. The Balaban J connectivity index is 0.00000121. The molecule has 0 aliphatic carbocycles. The highest BCUT2D eigenvalue weighted by molar-refractivity contribution is 5.85. The van der Waals surface area contributed by atoms with E-state index in [1.165, 1.54) is 0 Å². The number of rotatable bonds is 3. The average Bonchev–Trinajstić information content (AvgIpc) is 3.28. The molecule has 2 aliphatic heterocycles. The Labute approximate surface area is 166 Å². The van der Waals surface area contributed by atoms with Crippen LogP contribution in [0.1, 0.15) is 19.3 Å². The lowest BCUT2D eigenvalue weighted by Crippen LogP contribution is -2.42. The molecule has 1 atom stereocenters. The highest BCUT2D eigenvalue weighted by Crippen LogP contribution is 2.27. The summed E-state index contributed by atoms with van der Waals surface area (Å²) in [6.07, 6.45) is 2.81. The van der Waals surface area contributed by atoms with Gasteiger partial charge >= 0.3 is 0 Å². The summed E-state index contributed by atoms with van der Waals surface area (Å²) < 4.78 is 5.84. The molecule has 0 saturated carbocycles. The van der Waals surface area contributed by atoms with Gasteiger partial charge < -0.3 is 19.5 Å². The van der Waals surface area contributed by atoms with Gasteiger partial charge in [0.05, 0.1) is 0 Å². The first-order valence-electron chi connectivity index (χ1n) is 8.81. The molecule has 2 aliphatic rings. The first-order valence-corrected chi connectivity index (χ1v) is 8.81. The number of carbonyl (C=O) groups excluding carboxylic acids is 1. The van der Waals surface area contributed by atoms with Gasteiger partial charge in [0, 0.05) is 38.1 Å². The molecule has 1 aromatic carbocycles. The maximum absolute atomic E-state index is 12.7. The van der Waals surface area contributed by atoms with Crippen molar-refractivity contribution in [2.75, 3.05) is 38.1 Å². The lowest BCUT2D eigenvalue weighted by Gasteiger charge is -2.32. The standard InChI is InChI=1S/C18H24N4O2.2ClH/c1-19-14-8-11-22(12-14)17(23)13-6-9-21(10-7-13)18-20-15-4-2-3-5-16(15)24-18;;/h2-5,13-14,19H,6-12H2,1H3;2*1H. The van der Waals surface area contributed by atoms with Crippen molar-refractivity contribution >= 4 is 47.8 Å². The number of likely N-dealkylation sites (N-methyl/N-ethyl adjacent to an activating group) is 1. The van der Waals surface area contributed by atoms with Crippen LogP contribution < -0.4 is 10.2 Å². The van der Waals surface area contributed by atoms with Crippen molar-refractivity contribution in [3.05, 3.63) is 24.3 Å². The number of likely N-dealkylation sites (tertiary alicyclic amines) is 1. The molecule has 2 fully saturated rings. The molecule has 144 valence electrons. The number of fused-ring (bicyclic) bond motifs is 1. The van der Waals surface area contributed by atoms with Gasteiger partial charge in [-0.3, -0.25) is 4.79 Å². The van der Waals surface area contributed by atoms with E-state index in [0.717, 1.165) is 56.5 Å². The van der Waals surface area contributed by atoms with Gasteiger partial charge in [0.25, 0.3) is 6.01 Å². The zero-order chi connectivity index (χ0) is 16.5. The number of anilines is 1. The van der Waals surface area contributed by atoms with Gasteiger partial charge in [-0.1, -0.05) is 12.1 Å². The fraction of sp³-hybridized carbons (Fsp3) is 0.556. The summed E-state index contributed by atoms with van der Waals surface area (Å²) in [5, 5.41) is 3.27. The first-order chi connectivity index (χ1) is 11.7. The van der Waals surface area contributed by atoms with Crippen LogP contribution in [-0.2, 0) is 4.79 Å². The number of benzene rings is 1. The monoisotopic (exact) mass is 400 g/mol. The summed E-state index contributed by atoms with van der Waals surface area (Å²) in [4.78, 5) is 21.4. The highest BCUT2D eigenvalue weighted by Gasteiger charge is 2.33. The van der Waals surface area contributed by atoms with E-state index in [1.54, 1.807) is 0 Å². The summed E-state index contributed by atoms with van der Waals surface area (Å²) in [6.45, 7) is 3.38. The summed E-state index contributed by atoms with van der Waals surface area (Å²) in [7, 11) is 1.97.